The number of carbonyl (C=O) groups excluding carboxylic acids is 1. The van der Waals surface area contributed by atoms with Crippen molar-refractivity contribution in [3.8, 4) is 5.75 Å². The van der Waals surface area contributed by atoms with Crippen LogP contribution in [0.4, 0.5) is 0 Å². The van der Waals surface area contributed by atoms with E-state index in [0.717, 1.165) is 53.1 Å². The maximum absolute atomic E-state index is 12.8. The van der Waals surface area contributed by atoms with Crippen molar-refractivity contribution in [1.29, 1.82) is 0 Å². The molecule has 0 fully saturated rings. The number of hydrogen-bond acceptors (Lipinski definition) is 3. The summed E-state index contributed by atoms with van der Waals surface area (Å²) < 4.78 is 8.20. The van der Waals surface area contributed by atoms with Gasteiger partial charge >= 0.3 is 0 Å². The molecule has 0 spiro atoms. The minimum absolute atomic E-state index is 0.00666. The molecule has 5 nitrogen and oxygen atoms in total. The molecule has 1 atom stereocenters. The largest absolute Gasteiger partial charge is 0.494 e. The second-order valence-electron chi connectivity index (χ2n) is 9.30. The van der Waals surface area contributed by atoms with Crippen molar-refractivity contribution >= 4 is 16.9 Å². The van der Waals surface area contributed by atoms with Crippen LogP contribution in [-0.2, 0) is 17.8 Å². The molecule has 0 aliphatic carbocycles. The Kier molecular flexibility index (Phi) is 7.86. The summed E-state index contributed by atoms with van der Waals surface area (Å²) in [5.74, 6) is 1.82. The van der Waals surface area contributed by atoms with Crippen LogP contribution >= 0.6 is 0 Å². The quantitative estimate of drug-likeness (QED) is 0.280. The first-order chi connectivity index (χ1) is 16.9. The number of fused-ring (bicyclic) bond motifs is 1. The van der Waals surface area contributed by atoms with Gasteiger partial charge in [0, 0.05) is 6.54 Å². The number of nitrogens with one attached hydrogen (secondary N) is 1. The fraction of sp³-hybridized carbons (Fsp3) is 0.333. The molecule has 1 amide bonds. The standard InChI is InChI=1S/C30H35N3O2/c1-21-15-16-26(19-23(21)3)35-18-10-9-17-33-28-14-8-7-13-27(28)32-30(33)24(4)31-29(34)20-25-12-6-5-11-22(25)2/h5-8,11-16,19,24H,9-10,17-18,20H2,1-4H3,(H,31,34). The van der Waals surface area contributed by atoms with Crippen LogP contribution in [-0.4, -0.2) is 22.1 Å². The number of para-hydroxylation sites is 2. The van der Waals surface area contributed by atoms with Gasteiger partial charge in [-0.3, -0.25) is 4.79 Å². The average Bonchev–Trinajstić information content (AvgIpc) is 3.21. The first kappa shape index (κ1) is 24.5. The van der Waals surface area contributed by atoms with Gasteiger partial charge in [-0.15, -0.1) is 0 Å². The van der Waals surface area contributed by atoms with Gasteiger partial charge in [0.1, 0.15) is 11.6 Å². The molecule has 5 heteroatoms. The van der Waals surface area contributed by atoms with Crippen LogP contribution in [0.5, 0.6) is 5.75 Å². The van der Waals surface area contributed by atoms with Gasteiger partial charge in [0.25, 0.3) is 0 Å². The Bertz CT molecular complexity index is 1310. The Labute approximate surface area is 208 Å². The summed E-state index contributed by atoms with van der Waals surface area (Å²) in [6, 6.07) is 22.2. The maximum atomic E-state index is 12.8. The van der Waals surface area contributed by atoms with Crippen molar-refractivity contribution in [2.24, 2.45) is 0 Å². The zero-order valence-corrected chi connectivity index (χ0v) is 21.2. The predicted octanol–water partition coefficient (Wildman–Crippen LogP) is 6.24. The first-order valence-electron chi connectivity index (χ1n) is 12.4. The number of hydrogen-bond donors (Lipinski definition) is 1. The average molecular weight is 470 g/mol. The summed E-state index contributed by atoms with van der Waals surface area (Å²) in [6.07, 6.45) is 2.27. The van der Waals surface area contributed by atoms with E-state index >= 15 is 0 Å². The normalized spacial score (nSPS) is 12.0. The number of aromatic nitrogens is 2. The summed E-state index contributed by atoms with van der Waals surface area (Å²) in [4.78, 5) is 17.7. The fourth-order valence-corrected chi connectivity index (χ4v) is 4.36. The van der Waals surface area contributed by atoms with E-state index in [1.54, 1.807) is 0 Å². The summed E-state index contributed by atoms with van der Waals surface area (Å²) in [5.41, 5.74) is 6.75. The number of carbonyl (C=O) groups is 1. The molecule has 1 aromatic heterocycles. The number of nitrogens with zero attached hydrogens (tertiary/aromatic N) is 2. The number of imidazole rings is 1. The second kappa shape index (κ2) is 11.2. The number of unbranched alkanes of at least 4 members (excludes halogenated alkanes) is 1. The number of aryl methyl sites for hydroxylation is 4. The van der Waals surface area contributed by atoms with E-state index in [0.29, 0.717) is 13.0 Å². The topological polar surface area (TPSA) is 56.1 Å². The van der Waals surface area contributed by atoms with Crippen LogP contribution in [0, 0.1) is 20.8 Å². The minimum Gasteiger partial charge on any atom is -0.494 e. The monoisotopic (exact) mass is 469 g/mol. The van der Waals surface area contributed by atoms with Crippen LogP contribution in [0.1, 0.15) is 53.9 Å². The van der Waals surface area contributed by atoms with E-state index in [9.17, 15) is 4.79 Å². The molecule has 0 saturated carbocycles. The van der Waals surface area contributed by atoms with Crippen LogP contribution in [0.2, 0.25) is 0 Å². The van der Waals surface area contributed by atoms with E-state index in [-0.39, 0.29) is 11.9 Å². The van der Waals surface area contributed by atoms with Gasteiger partial charge < -0.3 is 14.6 Å². The molecule has 0 aliphatic rings. The Hall–Kier alpha value is -3.60. The molecule has 1 unspecified atom stereocenters. The van der Waals surface area contributed by atoms with Crippen molar-refractivity contribution in [1.82, 2.24) is 14.9 Å². The first-order valence-corrected chi connectivity index (χ1v) is 12.4. The molecule has 182 valence electrons. The molecule has 0 bridgehead atoms. The van der Waals surface area contributed by atoms with Crippen LogP contribution in [0.15, 0.2) is 66.7 Å². The SMILES string of the molecule is Cc1ccc(OCCCCn2c(C(C)NC(=O)Cc3ccccc3C)nc3ccccc32)cc1C. The molecule has 0 saturated heterocycles. The van der Waals surface area contributed by atoms with Crippen LogP contribution in [0.25, 0.3) is 11.0 Å². The number of amides is 1. The molecular weight excluding hydrogens is 434 g/mol. The van der Waals surface area contributed by atoms with Gasteiger partial charge in [-0.1, -0.05) is 42.5 Å². The summed E-state index contributed by atoms with van der Waals surface area (Å²) >= 11 is 0. The Morgan fingerprint density at radius 3 is 2.51 bits per heavy atom. The summed E-state index contributed by atoms with van der Waals surface area (Å²) in [6.45, 7) is 9.76. The van der Waals surface area contributed by atoms with E-state index < -0.39 is 0 Å². The lowest BCUT2D eigenvalue weighted by Crippen LogP contribution is -2.30. The van der Waals surface area contributed by atoms with Gasteiger partial charge in [-0.2, -0.15) is 0 Å². The van der Waals surface area contributed by atoms with Crippen molar-refractivity contribution in [3.05, 3.63) is 94.8 Å². The molecular formula is C30H35N3O2. The van der Waals surface area contributed by atoms with Gasteiger partial charge in [-0.25, -0.2) is 4.98 Å². The lowest BCUT2D eigenvalue weighted by Gasteiger charge is -2.17. The molecule has 0 radical (unpaired) electrons. The second-order valence-corrected chi connectivity index (χ2v) is 9.30. The highest BCUT2D eigenvalue weighted by Crippen LogP contribution is 2.22. The molecule has 0 aliphatic heterocycles. The zero-order chi connectivity index (χ0) is 24.8. The van der Waals surface area contributed by atoms with Gasteiger partial charge in [0.15, 0.2) is 0 Å². The number of rotatable bonds is 10. The molecule has 4 rings (SSSR count). The van der Waals surface area contributed by atoms with Gasteiger partial charge in [0.05, 0.1) is 30.1 Å². The predicted molar refractivity (Wildman–Crippen MR) is 142 cm³/mol. The third kappa shape index (κ3) is 6.10. The molecule has 4 aromatic rings. The fourth-order valence-electron chi connectivity index (χ4n) is 4.36. The highest BCUT2D eigenvalue weighted by atomic mass is 16.5. The Morgan fingerprint density at radius 2 is 1.71 bits per heavy atom. The summed E-state index contributed by atoms with van der Waals surface area (Å²) in [7, 11) is 0. The van der Waals surface area contributed by atoms with E-state index in [2.05, 4.69) is 41.9 Å². The molecule has 1 N–H and O–H groups in total. The van der Waals surface area contributed by atoms with Gasteiger partial charge in [-0.05, 0) is 87.1 Å². The van der Waals surface area contributed by atoms with Crippen molar-refractivity contribution < 1.29 is 9.53 Å². The zero-order valence-electron chi connectivity index (χ0n) is 21.2. The van der Waals surface area contributed by atoms with Crippen LogP contribution in [0.3, 0.4) is 0 Å². The van der Waals surface area contributed by atoms with Crippen molar-refractivity contribution in [2.75, 3.05) is 6.61 Å². The highest BCUT2D eigenvalue weighted by Gasteiger charge is 2.18. The maximum Gasteiger partial charge on any atom is 0.225 e. The number of benzene rings is 3. The third-order valence-corrected chi connectivity index (χ3v) is 6.58. The van der Waals surface area contributed by atoms with Crippen molar-refractivity contribution in [2.45, 2.75) is 59.5 Å². The minimum atomic E-state index is -0.189. The third-order valence-electron chi connectivity index (χ3n) is 6.58. The van der Waals surface area contributed by atoms with E-state index in [4.69, 9.17) is 9.72 Å². The Morgan fingerprint density at radius 1 is 0.943 bits per heavy atom. The van der Waals surface area contributed by atoms with Gasteiger partial charge in [0.2, 0.25) is 5.91 Å². The Balaban J connectivity index is 1.39. The molecule has 1 heterocycles. The van der Waals surface area contributed by atoms with E-state index in [1.807, 2.05) is 62.4 Å². The smallest absolute Gasteiger partial charge is 0.225 e. The lowest BCUT2D eigenvalue weighted by molar-refractivity contribution is -0.121. The van der Waals surface area contributed by atoms with Crippen molar-refractivity contribution in [3.63, 3.8) is 0 Å². The molecule has 35 heavy (non-hydrogen) atoms. The summed E-state index contributed by atoms with van der Waals surface area (Å²) in [5, 5.41) is 3.16. The van der Waals surface area contributed by atoms with Crippen LogP contribution < -0.4 is 10.1 Å². The number of ether oxygens (including phenoxy) is 1. The molecule has 3 aromatic carbocycles. The lowest BCUT2D eigenvalue weighted by atomic mass is 10.1. The highest BCUT2D eigenvalue weighted by molar-refractivity contribution is 5.80. The van der Waals surface area contributed by atoms with E-state index in [1.165, 1.54) is 11.1 Å².